The predicted octanol–water partition coefficient (Wildman–Crippen LogP) is 1.71. The Kier molecular flexibility index (Phi) is 4.37. The van der Waals surface area contributed by atoms with Crippen LogP contribution in [0.15, 0.2) is 23.4 Å². The second-order valence-electron chi connectivity index (χ2n) is 9.56. The highest BCUT2D eigenvalue weighted by molar-refractivity contribution is 5.94. The zero-order chi connectivity index (χ0) is 22.1. The normalized spacial score (nSPS) is 29.1. The largest absolute Gasteiger partial charge is 0.457 e. The first-order valence-corrected chi connectivity index (χ1v) is 11.4. The van der Waals surface area contributed by atoms with Gasteiger partial charge in [0.05, 0.1) is 16.8 Å². The van der Waals surface area contributed by atoms with E-state index < -0.39 is 0 Å². The van der Waals surface area contributed by atoms with Crippen LogP contribution in [0.1, 0.15) is 34.0 Å². The molecule has 0 spiro atoms. The highest BCUT2D eigenvalue weighted by Crippen LogP contribution is 2.50. The number of rotatable bonds is 5. The van der Waals surface area contributed by atoms with Crippen molar-refractivity contribution in [1.82, 2.24) is 14.7 Å². The molecule has 4 heterocycles. The molecular formula is C24H27N3O5. The molecule has 6 rings (SSSR count). The summed E-state index contributed by atoms with van der Waals surface area (Å²) < 4.78 is 10.3. The fraction of sp³-hybridized carbons (Fsp3) is 0.542. The second kappa shape index (κ2) is 7.07. The highest BCUT2D eigenvalue weighted by atomic mass is 16.5. The maximum atomic E-state index is 13.0. The third kappa shape index (κ3) is 2.88. The lowest BCUT2D eigenvalue weighted by atomic mass is 9.96. The Morgan fingerprint density at radius 2 is 1.72 bits per heavy atom. The fourth-order valence-corrected chi connectivity index (χ4v) is 6.00. The number of likely N-dealkylation sites (tertiary alicyclic amines) is 1. The summed E-state index contributed by atoms with van der Waals surface area (Å²) in [6.45, 7) is 8.79. The smallest absolute Gasteiger partial charge is 0.338 e. The monoisotopic (exact) mass is 437 g/mol. The number of nitrogens with zero attached hydrogens (tertiary/aromatic N) is 3. The molecule has 0 radical (unpaired) electrons. The SMILES string of the molecule is CC1=C(N2CCN(C3C4CN(CCc5ccc6c(c5C)COC6=O)CC43)C2=O)COC1=O. The van der Waals surface area contributed by atoms with Crippen LogP contribution in [0.25, 0.3) is 0 Å². The molecule has 4 aliphatic heterocycles. The van der Waals surface area contributed by atoms with E-state index in [9.17, 15) is 14.4 Å². The van der Waals surface area contributed by atoms with E-state index in [1.807, 2.05) is 11.0 Å². The van der Waals surface area contributed by atoms with Gasteiger partial charge in [-0.2, -0.15) is 0 Å². The molecule has 1 saturated carbocycles. The maximum Gasteiger partial charge on any atom is 0.338 e. The summed E-state index contributed by atoms with van der Waals surface area (Å²) in [5.41, 5.74) is 5.49. The second-order valence-corrected chi connectivity index (χ2v) is 9.56. The molecule has 5 aliphatic rings. The summed E-state index contributed by atoms with van der Waals surface area (Å²) in [7, 11) is 0. The van der Waals surface area contributed by atoms with E-state index in [1.165, 1.54) is 11.1 Å². The molecule has 2 atom stereocenters. The molecule has 1 aromatic carbocycles. The third-order valence-electron chi connectivity index (χ3n) is 8.01. The molecule has 1 aliphatic carbocycles. The van der Waals surface area contributed by atoms with Gasteiger partial charge >= 0.3 is 18.0 Å². The Balaban J connectivity index is 1.04. The zero-order valence-electron chi connectivity index (χ0n) is 18.4. The third-order valence-corrected chi connectivity index (χ3v) is 8.01. The van der Waals surface area contributed by atoms with Crippen molar-refractivity contribution >= 4 is 18.0 Å². The summed E-state index contributed by atoms with van der Waals surface area (Å²) in [5, 5.41) is 0. The first-order chi connectivity index (χ1) is 15.4. The fourth-order valence-electron chi connectivity index (χ4n) is 6.00. The quantitative estimate of drug-likeness (QED) is 0.653. The van der Waals surface area contributed by atoms with Crippen molar-refractivity contribution in [3.63, 3.8) is 0 Å². The number of carbonyl (C=O) groups is 3. The lowest BCUT2D eigenvalue weighted by molar-refractivity contribution is -0.136. The van der Waals surface area contributed by atoms with Gasteiger partial charge in [-0.05, 0) is 49.3 Å². The van der Waals surface area contributed by atoms with Gasteiger partial charge in [0.25, 0.3) is 0 Å². The first kappa shape index (κ1) is 19.8. The molecule has 0 N–H and O–H groups in total. The number of cyclic esters (lactones) is 2. The number of hydrogen-bond donors (Lipinski definition) is 0. The van der Waals surface area contributed by atoms with Crippen LogP contribution in [0.3, 0.4) is 0 Å². The summed E-state index contributed by atoms with van der Waals surface area (Å²) in [6, 6.07) is 4.31. The van der Waals surface area contributed by atoms with Gasteiger partial charge in [0, 0.05) is 44.3 Å². The maximum absolute atomic E-state index is 13.0. The number of fused-ring (bicyclic) bond motifs is 2. The summed E-state index contributed by atoms with van der Waals surface area (Å²) in [6.07, 6.45) is 0.954. The molecule has 1 aromatic rings. The van der Waals surface area contributed by atoms with Gasteiger partial charge in [-0.15, -0.1) is 0 Å². The van der Waals surface area contributed by atoms with Crippen molar-refractivity contribution in [3.05, 3.63) is 45.7 Å². The van der Waals surface area contributed by atoms with E-state index >= 15 is 0 Å². The van der Waals surface area contributed by atoms with Gasteiger partial charge in [0.2, 0.25) is 0 Å². The summed E-state index contributed by atoms with van der Waals surface area (Å²) in [5.74, 6) is 0.557. The van der Waals surface area contributed by atoms with E-state index in [4.69, 9.17) is 9.47 Å². The van der Waals surface area contributed by atoms with E-state index in [2.05, 4.69) is 17.9 Å². The van der Waals surface area contributed by atoms with Gasteiger partial charge in [-0.3, -0.25) is 4.90 Å². The Bertz CT molecular complexity index is 1070. The van der Waals surface area contributed by atoms with Crippen molar-refractivity contribution in [2.24, 2.45) is 11.8 Å². The van der Waals surface area contributed by atoms with Gasteiger partial charge in [-0.1, -0.05) is 6.07 Å². The van der Waals surface area contributed by atoms with Crippen LogP contribution in [-0.2, 0) is 27.3 Å². The number of hydrogen-bond acceptors (Lipinski definition) is 6. The molecule has 0 aromatic heterocycles. The Hall–Kier alpha value is -2.87. The Labute approximate surface area is 186 Å². The van der Waals surface area contributed by atoms with Crippen molar-refractivity contribution in [3.8, 4) is 0 Å². The van der Waals surface area contributed by atoms with Crippen molar-refractivity contribution in [2.45, 2.75) is 32.9 Å². The van der Waals surface area contributed by atoms with Crippen molar-refractivity contribution < 1.29 is 23.9 Å². The van der Waals surface area contributed by atoms with Crippen LogP contribution in [0, 0.1) is 18.8 Å². The predicted molar refractivity (Wildman–Crippen MR) is 114 cm³/mol. The van der Waals surface area contributed by atoms with Gasteiger partial charge in [0.15, 0.2) is 0 Å². The van der Waals surface area contributed by atoms with E-state index in [-0.39, 0.29) is 24.6 Å². The highest BCUT2D eigenvalue weighted by Gasteiger charge is 2.60. The molecule has 168 valence electrons. The molecule has 2 unspecified atom stereocenters. The Morgan fingerprint density at radius 1 is 0.969 bits per heavy atom. The topological polar surface area (TPSA) is 79.4 Å². The van der Waals surface area contributed by atoms with E-state index in [0.29, 0.717) is 42.2 Å². The molecule has 32 heavy (non-hydrogen) atoms. The van der Waals surface area contributed by atoms with Crippen molar-refractivity contribution in [1.29, 1.82) is 0 Å². The van der Waals surface area contributed by atoms with Crippen LogP contribution in [0.2, 0.25) is 0 Å². The van der Waals surface area contributed by atoms with Crippen LogP contribution in [0.5, 0.6) is 0 Å². The lowest BCUT2D eigenvalue weighted by Gasteiger charge is -2.24. The van der Waals surface area contributed by atoms with E-state index in [1.54, 1.807) is 11.8 Å². The molecular weight excluding hydrogens is 410 g/mol. The van der Waals surface area contributed by atoms with Crippen LogP contribution in [0.4, 0.5) is 4.79 Å². The van der Waals surface area contributed by atoms with Gasteiger partial charge in [0.1, 0.15) is 13.2 Å². The number of ether oxygens (including phenoxy) is 2. The summed E-state index contributed by atoms with van der Waals surface area (Å²) >= 11 is 0. The lowest BCUT2D eigenvalue weighted by Crippen LogP contribution is -2.38. The minimum atomic E-state index is -0.317. The molecule has 3 fully saturated rings. The number of urea groups is 1. The first-order valence-electron chi connectivity index (χ1n) is 11.4. The number of piperidine rings is 1. The zero-order valence-corrected chi connectivity index (χ0v) is 18.4. The number of amides is 2. The number of esters is 2. The van der Waals surface area contributed by atoms with Gasteiger partial charge in [-0.25, -0.2) is 14.4 Å². The van der Waals surface area contributed by atoms with Crippen LogP contribution in [-0.4, -0.2) is 78.0 Å². The number of benzene rings is 1. The standard InChI is InChI=1S/C24H27N3O5/c1-13-15(3-4-16-19(13)11-31-23(16)29)5-6-25-9-17-18(10-25)21(17)27-8-7-26(24(27)30)20-12-32-22(28)14(20)2/h3-4,17-18,21H,5-12H2,1-2H3. The average Bonchev–Trinajstić information content (AvgIpc) is 3.24. The molecule has 2 saturated heterocycles. The number of carbonyl (C=O) groups excluding carboxylic acids is 3. The molecule has 0 bridgehead atoms. The van der Waals surface area contributed by atoms with E-state index in [0.717, 1.165) is 43.9 Å². The molecule has 8 nitrogen and oxygen atoms in total. The molecule has 2 amide bonds. The Morgan fingerprint density at radius 3 is 2.44 bits per heavy atom. The molecule has 8 heteroatoms. The van der Waals surface area contributed by atoms with Crippen LogP contribution >= 0.6 is 0 Å². The van der Waals surface area contributed by atoms with Crippen LogP contribution < -0.4 is 0 Å². The minimum Gasteiger partial charge on any atom is -0.457 e. The average molecular weight is 437 g/mol. The van der Waals surface area contributed by atoms with Gasteiger partial charge < -0.3 is 19.3 Å². The van der Waals surface area contributed by atoms with Crippen molar-refractivity contribution in [2.75, 3.05) is 39.3 Å². The minimum absolute atomic E-state index is 0.0223. The summed E-state index contributed by atoms with van der Waals surface area (Å²) in [4.78, 5) is 42.7.